The van der Waals surface area contributed by atoms with Gasteiger partial charge < -0.3 is 0 Å². The lowest BCUT2D eigenvalue weighted by molar-refractivity contribution is 0.553. The average Bonchev–Trinajstić information content (AvgIpc) is 1.84. The van der Waals surface area contributed by atoms with E-state index in [2.05, 4.69) is 54.8 Å². The quantitative estimate of drug-likeness (QED) is 0.738. The molecule has 0 spiro atoms. The fraction of sp³-hybridized carbons (Fsp3) is 1.00. The summed E-state index contributed by atoms with van der Waals surface area (Å²) in [6.07, 6.45) is 0. The number of nitrogens with one attached hydrogen (secondary N) is 2. The smallest absolute Gasteiger partial charge is 0.0306 e. The standard InChI is InChI=1S/C4H10Br2N2/c1-3(7-5)4(2)8-6/h3-4,7-8H,1-2H3. The van der Waals surface area contributed by atoms with E-state index in [9.17, 15) is 0 Å². The molecule has 50 valence electrons. The first-order chi connectivity index (χ1) is 3.72. The van der Waals surface area contributed by atoms with Crippen LogP contribution in [0.4, 0.5) is 0 Å². The molecule has 0 aliphatic rings. The first-order valence-corrected chi connectivity index (χ1v) is 4.03. The minimum absolute atomic E-state index is 0.425. The molecule has 0 radical (unpaired) electrons. The summed E-state index contributed by atoms with van der Waals surface area (Å²) in [6.45, 7) is 4.15. The van der Waals surface area contributed by atoms with Crippen LogP contribution in [0.25, 0.3) is 0 Å². The molecule has 0 saturated carbocycles. The SMILES string of the molecule is CC(NBr)C(C)NBr. The molecule has 4 heteroatoms. The van der Waals surface area contributed by atoms with Crippen molar-refractivity contribution in [3.8, 4) is 0 Å². The Labute approximate surface area is 67.1 Å². The highest BCUT2D eigenvalue weighted by Crippen LogP contribution is 1.94. The summed E-state index contributed by atoms with van der Waals surface area (Å²) in [5.74, 6) is 0. The van der Waals surface area contributed by atoms with E-state index >= 15 is 0 Å². The fourth-order valence-corrected chi connectivity index (χ4v) is 0.982. The third kappa shape index (κ3) is 3.02. The highest BCUT2D eigenvalue weighted by atomic mass is 79.9. The van der Waals surface area contributed by atoms with Gasteiger partial charge in [-0.3, -0.25) is 8.69 Å². The van der Waals surface area contributed by atoms with E-state index in [0.717, 1.165) is 0 Å². The fourth-order valence-electron chi connectivity index (χ4n) is 0.189. The van der Waals surface area contributed by atoms with Gasteiger partial charge in [0.15, 0.2) is 0 Å². The Morgan fingerprint density at radius 3 is 1.38 bits per heavy atom. The predicted molar refractivity (Wildman–Crippen MR) is 43.0 cm³/mol. The summed E-state index contributed by atoms with van der Waals surface area (Å²) in [6, 6.07) is 0.851. The van der Waals surface area contributed by atoms with Gasteiger partial charge in [0.2, 0.25) is 0 Å². The van der Waals surface area contributed by atoms with Crippen LogP contribution in [0, 0.1) is 0 Å². The molecule has 0 rings (SSSR count). The Morgan fingerprint density at radius 1 is 1.00 bits per heavy atom. The van der Waals surface area contributed by atoms with Crippen LogP contribution in [0.2, 0.25) is 0 Å². The van der Waals surface area contributed by atoms with Crippen LogP contribution in [-0.2, 0) is 0 Å². The summed E-state index contributed by atoms with van der Waals surface area (Å²) in [5.41, 5.74) is 0. The van der Waals surface area contributed by atoms with Crippen LogP contribution >= 0.6 is 32.3 Å². The lowest BCUT2D eigenvalue weighted by Crippen LogP contribution is -2.35. The van der Waals surface area contributed by atoms with E-state index in [4.69, 9.17) is 0 Å². The van der Waals surface area contributed by atoms with Crippen molar-refractivity contribution in [3.63, 3.8) is 0 Å². The van der Waals surface area contributed by atoms with E-state index in [1.165, 1.54) is 0 Å². The molecule has 8 heavy (non-hydrogen) atoms. The van der Waals surface area contributed by atoms with Crippen molar-refractivity contribution >= 4 is 32.3 Å². The summed E-state index contributed by atoms with van der Waals surface area (Å²) in [7, 11) is 0. The Balaban J connectivity index is 3.29. The first-order valence-electron chi connectivity index (χ1n) is 2.44. The molecule has 0 aromatic carbocycles. The number of hydrogen-bond acceptors (Lipinski definition) is 2. The van der Waals surface area contributed by atoms with Gasteiger partial charge in [0.25, 0.3) is 0 Å². The molecule has 0 aromatic rings. The summed E-state index contributed by atoms with van der Waals surface area (Å²) < 4.78 is 5.87. The Kier molecular flexibility index (Phi) is 5.25. The van der Waals surface area contributed by atoms with Gasteiger partial charge in [0.05, 0.1) is 0 Å². The van der Waals surface area contributed by atoms with Crippen molar-refractivity contribution < 1.29 is 0 Å². The summed E-state index contributed by atoms with van der Waals surface area (Å²) in [5, 5.41) is 0. The lowest BCUT2D eigenvalue weighted by Gasteiger charge is -2.14. The van der Waals surface area contributed by atoms with Gasteiger partial charge >= 0.3 is 0 Å². The predicted octanol–water partition coefficient (Wildman–Crippen LogP) is 1.56. The maximum atomic E-state index is 3.15. The second kappa shape index (κ2) is 4.73. The lowest BCUT2D eigenvalue weighted by atomic mass is 10.2. The maximum Gasteiger partial charge on any atom is 0.0306 e. The van der Waals surface area contributed by atoms with Gasteiger partial charge in [-0.05, 0) is 13.8 Å². The second-order valence-corrected chi connectivity index (χ2v) is 2.71. The number of halogens is 2. The normalized spacial score (nSPS) is 18.0. The summed E-state index contributed by atoms with van der Waals surface area (Å²) in [4.78, 5) is 0. The van der Waals surface area contributed by atoms with Crippen molar-refractivity contribution in [1.29, 1.82) is 0 Å². The highest BCUT2D eigenvalue weighted by Gasteiger charge is 2.06. The number of rotatable bonds is 3. The topological polar surface area (TPSA) is 24.1 Å². The monoisotopic (exact) mass is 244 g/mol. The molecular weight excluding hydrogens is 236 g/mol. The van der Waals surface area contributed by atoms with Crippen LogP contribution < -0.4 is 8.69 Å². The Bertz CT molecular complexity index is 52.0. The zero-order chi connectivity index (χ0) is 6.57. The van der Waals surface area contributed by atoms with Crippen LogP contribution in [0.1, 0.15) is 13.8 Å². The molecule has 2 atom stereocenters. The molecule has 0 saturated heterocycles. The van der Waals surface area contributed by atoms with Crippen molar-refractivity contribution in [2.24, 2.45) is 0 Å². The highest BCUT2D eigenvalue weighted by molar-refractivity contribution is 9.08. The minimum atomic E-state index is 0.425. The van der Waals surface area contributed by atoms with Gasteiger partial charge in [-0.1, -0.05) is 0 Å². The molecule has 2 N–H and O–H groups in total. The van der Waals surface area contributed by atoms with E-state index in [1.54, 1.807) is 0 Å². The van der Waals surface area contributed by atoms with Gasteiger partial charge in [-0.2, -0.15) is 0 Å². The van der Waals surface area contributed by atoms with Gasteiger partial charge in [-0.25, -0.2) is 0 Å². The van der Waals surface area contributed by atoms with Gasteiger partial charge in [0, 0.05) is 44.4 Å². The molecule has 0 aliphatic heterocycles. The van der Waals surface area contributed by atoms with Crippen LogP contribution in [0.3, 0.4) is 0 Å². The van der Waals surface area contributed by atoms with Gasteiger partial charge in [-0.15, -0.1) is 0 Å². The average molecular weight is 246 g/mol. The third-order valence-corrected chi connectivity index (χ3v) is 2.54. The van der Waals surface area contributed by atoms with Crippen LogP contribution in [0.15, 0.2) is 0 Å². The maximum absolute atomic E-state index is 3.15. The molecule has 2 unspecified atom stereocenters. The third-order valence-electron chi connectivity index (χ3n) is 1.09. The number of hydrogen-bond donors (Lipinski definition) is 2. The molecule has 2 nitrogen and oxygen atoms in total. The van der Waals surface area contributed by atoms with Crippen molar-refractivity contribution in [3.05, 3.63) is 0 Å². The molecule has 0 amide bonds. The van der Waals surface area contributed by atoms with Crippen LogP contribution in [0.5, 0.6) is 0 Å². The first kappa shape index (κ1) is 8.88. The Hall–Kier alpha value is 0.880. The summed E-state index contributed by atoms with van der Waals surface area (Å²) >= 11 is 6.29. The largest absolute Gasteiger partial charge is 0.251 e. The van der Waals surface area contributed by atoms with Crippen molar-refractivity contribution in [1.82, 2.24) is 8.69 Å². The minimum Gasteiger partial charge on any atom is -0.251 e. The molecule has 0 aliphatic carbocycles. The molecule has 0 aromatic heterocycles. The van der Waals surface area contributed by atoms with E-state index in [0.29, 0.717) is 12.1 Å². The van der Waals surface area contributed by atoms with E-state index < -0.39 is 0 Å². The van der Waals surface area contributed by atoms with Crippen molar-refractivity contribution in [2.75, 3.05) is 0 Å². The van der Waals surface area contributed by atoms with E-state index in [1.807, 2.05) is 0 Å². The zero-order valence-corrected chi connectivity index (χ0v) is 8.08. The van der Waals surface area contributed by atoms with Gasteiger partial charge in [0.1, 0.15) is 0 Å². The van der Waals surface area contributed by atoms with E-state index in [-0.39, 0.29) is 0 Å². The van der Waals surface area contributed by atoms with Crippen LogP contribution in [-0.4, -0.2) is 12.1 Å². The molecular formula is C4H10Br2N2. The molecule has 0 bridgehead atoms. The Morgan fingerprint density at radius 2 is 1.25 bits per heavy atom. The van der Waals surface area contributed by atoms with Crippen molar-refractivity contribution in [2.45, 2.75) is 25.9 Å². The second-order valence-electron chi connectivity index (χ2n) is 1.80. The zero-order valence-electron chi connectivity index (χ0n) is 4.91. The molecule has 0 heterocycles. The molecule has 0 fully saturated rings.